The lowest BCUT2D eigenvalue weighted by Gasteiger charge is -2.21. The van der Waals surface area contributed by atoms with Crippen molar-refractivity contribution in [1.29, 1.82) is 5.26 Å². The highest BCUT2D eigenvalue weighted by Crippen LogP contribution is 2.33. The van der Waals surface area contributed by atoms with E-state index in [1.165, 1.54) is 32.1 Å². The molecule has 1 heterocycles. The first-order valence-electron chi connectivity index (χ1n) is 7.44. The summed E-state index contributed by atoms with van der Waals surface area (Å²) in [7, 11) is 1.63. The number of aromatic nitrogens is 2. The number of hydrogen-bond acceptors (Lipinski definition) is 3. The molecule has 0 unspecified atom stereocenters. The van der Waals surface area contributed by atoms with Crippen LogP contribution in [0.4, 0.5) is 0 Å². The van der Waals surface area contributed by atoms with E-state index in [0.29, 0.717) is 11.6 Å². The smallest absolute Gasteiger partial charge is 0.128 e. The Morgan fingerprint density at radius 2 is 2.10 bits per heavy atom. The van der Waals surface area contributed by atoms with Gasteiger partial charge < -0.3 is 4.74 Å². The maximum atomic E-state index is 8.97. The lowest BCUT2D eigenvalue weighted by Crippen LogP contribution is -2.12. The van der Waals surface area contributed by atoms with E-state index in [9.17, 15) is 0 Å². The van der Waals surface area contributed by atoms with Gasteiger partial charge in [0.15, 0.2) is 0 Å². The van der Waals surface area contributed by atoms with Gasteiger partial charge in [-0.2, -0.15) is 10.4 Å². The fourth-order valence-electron chi connectivity index (χ4n) is 3.02. The molecule has 0 radical (unpaired) electrons. The highest BCUT2D eigenvalue weighted by atomic mass is 16.5. The van der Waals surface area contributed by atoms with Crippen molar-refractivity contribution in [2.45, 2.75) is 38.1 Å². The maximum Gasteiger partial charge on any atom is 0.128 e. The Bertz CT molecular complexity index is 663. The highest BCUT2D eigenvalue weighted by Gasteiger charge is 2.17. The minimum atomic E-state index is 0.525. The summed E-state index contributed by atoms with van der Waals surface area (Å²) in [6.07, 6.45) is 10.3. The lowest BCUT2D eigenvalue weighted by atomic mass is 9.96. The lowest BCUT2D eigenvalue weighted by molar-refractivity contribution is 0.329. The van der Waals surface area contributed by atoms with Gasteiger partial charge >= 0.3 is 0 Å². The first kappa shape index (κ1) is 13.7. The molecule has 4 nitrogen and oxygen atoms in total. The molecule has 108 valence electrons. The van der Waals surface area contributed by atoms with Gasteiger partial charge in [-0.3, -0.25) is 4.68 Å². The Balaban J connectivity index is 1.90. The van der Waals surface area contributed by atoms with Crippen molar-refractivity contribution in [1.82, 2.24) is 9.78 Å². The molecule has 0 aliphatic heterocycles. The van der Waals surface area contributed by atoms with Gasteiger partial charge in [-0.1, -0.05) is 19.3 Å². The number of methoxy groups -OCH3 is 1. The van der Waals surface area contributed by atoms with Crippen molar-refractivity contribution in [3.05, 3.63) is 36.2 Å². The summed E-state index contributed by atoms with van der Waals surface area (Å²) in [5, 5.41) is 13.5. The number of nitriles is 1. The molecule has 0 amide bonds. The molecule has 3 rings (SSSR count). The van der Waals surface area contributed by atoms with Gasteiger partial charge in [-0.15, -0.1) is 0 Å². The molecule has 2 aromatic rings. The molecule has 1 aromatic heterocycles. The van der Waals surface area contributed by atoms with Crippen LogP contribution in [0.2, 0.25) is 0 Å². The second-order valence-electron chi connectivity index (χ2n) is 5.53. The van der Waals surface area contributed by atoms with Gasteiger partial charge in [0.25, 0.3) is 0 Å². The third-order valence-corrected chi connectivity index (χ3v) is 4.19. The van der Waals surface area contributed by atoms with Gasteiger partial charge in [0.2, 0.25) is 0 Å². The van der Waals surface area contributed by atoms with E-state index in [4.69, 9.17) is 10.00 Å². The average molecular weight is 281 g/mol. The summed E-state index contributed by atoms with van der Waals surface area (Å²) < 4.78 is 7.50. The van der Waals surface area contributed by atoms with Crippen LogP contribution in [0.25, 0.3) is 11.1 Å². The SMILES string of the molecule is COc1cc(C#N)ccc1-c1cnn(C2CCCCC2)c1. The zero-order valence-electron chi connectivity index (χ0n) is 12.2. The van der Waals surface area contributed by atoms with Crippen molar-refractivity contribution in [3.8, 4) is 22.9 Å². The van der Waals surface area contributed by atoms with Gasteiger partial charge in [-0.05, 0) is 31.0 Å². The monoisotopic (exact) mass is 281 g/mol. The second-order valence-corrected chi connectivity index (χ2v) is 5.53. The topological polar surface area (TPSA) is 50.8 Å². The normalized spacial score (nSPS) is 15.6. The van der Waals surface area contributed by atoms with E-state index >= 15 is 0 Å². The molecule has 1 aliphatic rings. The maximum absolute atomic E-state index is 8.97. The summed E-state index contributed by atoms with van der Waals surface area (Å²) in [4.78, 5) is 0. The quantitative estimate of drug-likeness (QED) is 0.856. The highest BCUT2D eigenvalue weighted by molar-refractivity contribution is 5.70. The molecular formula is C17H19N3O. The molecule has 4 heteroatoms. The third-order valence-electron chi connectivity index (χ3n) is 4.19. The number of hydrogen-bond donors (Lipinski definition) is 0. The summed E-state index contributed by atoms with van der Waals surface area (Å²) in [6, 6.07) is 8.18. The molecule has 21 heavy (non-hydrogen) atoms. The molecule has 1 fully saturated rings. The molecule has 0 saturated heterocycles. The summed E-state index contributed by atoms with van der Waals surface area (Å²) in [5.41, 5.74) is 2.63. The summed E-state index contributed by atoms with van der Waals surface area (Å²) >= 11 is 0. The van der Waals surface area contributed by atoms with Crippen LogP contribution in [0, 0.1) is 11.3 Å². The number of benzene rings is 1. The largest absolute Gasteiger partial charge is 0.496 e. The third kappa shape index (κ3) is 2.78. The Kier molecular flexibility index (Phi) is 3.92. The zero-order valence-corrected chi connectivity index (χ0v) is 12.2. The molecule has 1 saturated carbocycles. The van der Waals surface area contributed by atoms with Crippen molar-refractivity contribution < 1.29 is 4.74 Å². The van der Waals surface area contributed by atoms with Gasteiger partial charge in [-0.25, -0.2) is 0 Å². The molecule has 1 aromatic carbocycles. The fourth-order valence-corrected chi connectivity index (χ4v) is 3.02. The summed E-state index contributed by atoms with van der Waals surface area (Å²) in [6.45, 7) is 0. The molecule has 0 atom stereocenters. The Morgan fingerprint density at radius 3 is 2.81 bits per heavy atom. The predicted molar refractivity (Wildman–Crippen MR) is 81.1 cm³/mol. The standard InChI is InChI=1S/C17H19N3O/c1-21-17-9-13(10-18)7-8-16(17)14-11-19-20(12-14)15-5-3-2-4-6-15/h7-9,11-12,15H,2-6H2,1H3. The number of nitrogens with zero attached hydrogens (tertiary/aromatic N) is 3. The van der Waals surface area contributed by atoms with Crippen molar-refractivity contribution in [2.75, 3.05) is 7.11 Å². The van der Waals surface area contributed by atoms with E-state index in [1.54, 1.807) is 13.2 Å². The molecule has 0 spiro atoms. The van der Waals surface area contributed by atoms with E-state index in [2.05, 4.69) is 22.0 Å². The Morgan fingerprint density at radius 1 is 1.29 bits per heavy atom. The number of ether oxygens (including phenoxy) is 1. The van der Waals surface area contributed by atoms with Crippen LogP contribution in [0.5, 0.6) is 5.75 Å². The minimum Gasteiger partial charge on any atom is -0.496 e. The Labute approximate surface area is 125 Å². The van der Waals surface area contributed by atoms with E-state index in [1.807, 2.05) is 18.3 Å². The van der Waals surface area contributed by atoms with Crippen LogP contribution < -0.4 is 4.74 Å². The van der Waals surface area contributed by atoms with Crippen LogP contribution in [0.1, 0.15) is 43.7 Å². The van der Waals surface area contributed by atoms with E-state index < -0.39 is 0 Å². The van der Waals surface area contributed by atoms with Crippen LogP contribution >= 0.6 is 0 Å². The van der Waals surface area contributed by atoms with Gasteiger partial charge in [0.05, 0.1) is 31.0 Å². The minimum absolute atomic E-state index is 0.525. The van der Waals surface area contributed by atoms with Crippen molar-refractivity contribution in [3.63, 3.8) is 0 Å². The average Bonchev–Trinajstić information content (AvgIpc) is 3.04. The molecule has 0 N–H and O–H groups in total. The van der Waals surface area contributed by atoms with Crippen molar-refractivity contribution >= 4 is 0 Å². The van der Waals surface area contributed by atoms with Crippen LogP contribution in [0.3, 0.4) is 0 Å². The van der Waals surface area contributed by atoms with E-state index in [-0.39, 0.29) is 0 Å². The zero-order chi connectivity index (χ0) is 14.7. The van der Waals surface area contributed by atoms with E-state index in [0.717, 1.165) is 16.9 Å². The number of rotatable bonds is 3. The summed E-state index contributed by atoms with van der Waals surface area (Å²) in [5.74, 6) is 0.720. The second kappa shape index (κ2) is 6.01. The molecule has 0 bridgehead atoms. The first-order chi connectivity index (χ1) is 10.3. The first-order valence-corrected chi connectivity index (χ1v) is 7.44. The molecule has 1 aliphatic carbocycles. The van der Waals surface area contributed by atoms with Crippen LogP contribution in [-0.4, -0.2) is 16.9 Å². The van der Waals surface area contributed by atoms with Crippen molar-refractivity contribution in [2.24, 2.45) is 0 Å². The molecular weight excluding hydrogens is 262 g/mol. The van der Waals surface area contributed by atoms with Gasteiger partial charge in [0, 0.05) is 17.3 Å². The van der Waals surface area contributed by atoms with Crippen LogP contribution in [-0.2, 0) is 0 Å². The van der Waals surface area contributed by atoms with Gasteiger partial charge in [0.1, 0.15) is 5.75 Å². The Hall–Kier alpha value is -2.28. The van der Waals surface area contributed by atoms with Crippen LogP contribution in [0.15, 0.2) is 30.6 Å². The predicted octanol–water partition coefficient (Wildman–Crippen LogP) is 3.94. The fraction of sp³-hybridized carbons (Fsp3) is 0.412.